The highest BCUT2D eigenvalue weighted by atomic mass is 32.2. The highest BCUT2D eigenvalue weighted by Crippen LogP contribution is 2.36. The van der Waals surface area contributed by atoms with Crippen LogP contribution in [0, 0.1) is 5.92 Å². The number of nitrogens with one attached hydrogen (secondary N) is 1. The summed E-state index contributed by atoms with van der Waals surface area (Å²) in [5.74, 6) is -0.0930. The van der Waals surface area contributed by atoms with Gasteiger partial charge in [0, 0.05) is 32.0 Å². The molecule has 148 valence electrons. The Labute approximate surface area is 160 Å². The number of imidazole rings is 1. The highest BCUT2D eigenvalue weighted by molar-refractivity contribution is 7.89. The second-order valence-electron chi connectivity index (χ2n) is 7.25. The lowest BCUT2D eigenvalue weighted by atomic mass is 9.77. The molecule has 2 aromatic rings. The number of benzene rings is 1. The van der Waals surface area contributed by atoms with Crippen LogP contribution in [-0.4, -0.2) is 42.8 Å². The quantitative estimate of drug-likeness (QED) is 0.751. The van der Waals surface area contributed by atoms with Gasteiger partial charge < -0.3 is 14.4 Å². The summed E-state index contributed by atoms with van der Waals surface area (Å²) >= 11 is 0. The fourth-order valence-electron chi connectivity index (χ4n) is 3.40. The SMILES string of the molecule is CC(C)n1cnc(S(=O)(=O)NCC(O)(c2ccccc2)C2CCOCC2)c1. The number of aliphatic hydroxyl groups is 1. The minimum Gasteiger partial charge on any atom is -0.383 e. The van der Waals surface area contributed by atoms with Crippen LogP contribution in [0.1, 0.15) is 38.3 Å². The fourth-order valence-corrected chi connectivity index (χ4v) is 4.41. The zero-order chi connectivity index (χ0) is 19.5. The summed E-state index contributed by atoms with van der Waals surface area (Å²) in [5, 5.41) is 11.5. The molecule has 0 radical (unpaired) electrons. The number of rotatable bonds is 7. The maximum atomic E-state index is 12.7. The van der Waals surface area contributed by atoms with Crippen molar-refractivity contribution < 1.29 is 18.3 Å². The van der Waals surface area contributed by atoms with Crippen molar-refractivity contribution in [3.63, 3.8) is 0 Å². The van der Waals surface area contributed by atoms with Crippen molar-refractivity contribution in [1.82, 2.24) is 14.3 Å². The molecular weight excluding hydrogens is 366 g/mol. The molecule has 2 heterocycles. The summed E-state index contributed by atoms with van der Waals surface area (Å²) < 4.78 is 35.1. The Hall–Kier alpha value is -1.74. The molecule has 1 aliphatic rings. The molecule has 7 nitrogen and oxygen atoms in total. The third-order valence-electron chi connectivity index (χ3n) is 5.15. The second kappa shape index (κ2) is 8.10. The second-order valence-corrected chi connectivity index (χ2v) is 8.97. The predicted octanol–water partition coefficient (Wildman–Crippen LogP) is 2.06. The molecule has 1 unspecified atom stereocenters. The van der Waals surface area contributed by atoms with Gasteiger partial charge in [0.2, 0.25) is 0 Å². The summed E-state index contributed by atoms with van der Waals surface area (Å²) in [5.41, 5.74) is -0.606. The Bertz CT molecular complexity index is 845. The molecule has 27 heavy (non-hydrogen) atoms. The summed E-state index contributed by atoms with van der Waals surface area (Å²) in [4.78, 5) is 4.01. The van der Waals surface area contributed by atoms with Crippen molar-refractivity contribution >= 4 is 10.0 Å². The van der Waals surface area contributed by atoms with Crippen molar-refractivity contribution in [2.45, 2.75) is 43.4 Å². The lowest BCUT2D eigenvalue weighted by Gasteiger charge is -2.39. The Balaban J connectivity index is 1.83. The Morgan fingerprint density at radius 3 is 2.56 bits per heavy atom. The van der Waals surface area contributed by atoms with Gasteiger partial charge in [-0.25, -0.2) is 18.1 Å². The minimum absolute atomic E-state index is 0.0430. The zero-order valence-electron chi connectivity index (χ0n) is 15.7. The molecule has 0 saturated carbocycles. The van der Waals surface area contributed by atoms with E-state index in [4.69, 9.17) is 4.74 Å². The molecule has 1 aromatic heterocycles. The van der Waals surface area contributed by atoms with E-state index in [1.54, 1.807) is 4.57 Å². The smallest absolute Gasteiger partial charge is 0.259 e. The van der Waals surface area contributed by atoms with Crippen molar-refractivity contribution in [3.05, 3.63) is 48.4 Å². The van der Waals surface area contributed by atoms with Gasteiger partial charge >= 0.3 is 0 Å². The van der Waals surface area contributed by atoms with E-state index in [0.29, 0.717) is 31.6 Å². The van der Waals surface area contributed by atoms with E-state index in [9.17, 15) is 13.5 Å². The Kier molecular flexibility index (Phi) is 6.00. The van der Waals surface area contributed by atoms with Gasteiger partial charge in [-0.2, -0.15) is 0 Å². The summed E-state index contributed by atoms with van der Waals surface area (Å²) in [6.07, 6.45) is 4.36. The van der Waals surface area contributed by atoms with Crippen LogP contribution in [0.2, 0.25) is 0 Å². The number of ether oxygens (including phenoxy) is 1. The van der Waals surface area contributed by atoms with Crippen LogP contribution >= 0.6 is 0 Å². The molecule has 1 fully saturated rings. The molecule has 0 bridgehead atoms. The topological polar surface area (TPSA) is 93.5 Å². The molecule has 2 N–H and O–H groups in total. The average molecular weight is 394 g/mol. The maximum Gasteiger partial charge on any atom is 0.259 e. The van der Waals surface area contributed by atoms with Gasteiger partial charge in [-0.15, -0.1) is 0 Å². The van der Waals surface area contributed by atoms with Gasteiger partial charge in [0.25, 0.3) is 10.0 Å². The van der Waals surface area contributed by atoms with Crippen LogP contribution in [0.4, 0.5) is 0 Å². The standard InChI is InChI=1S/C19H27N3O4S/c1-15(2)22-12-18(20-14-22)27(24,25)21-13-19(23,16-6-4-3-5-7-16)17-8-10-26-11-9-17/h3-7,12,14-15,17,21,23H,8-11,13H2,1-2H3. The maximum absolute atomic E-state index is 12.7. The van der Waals surface area contributed by atoms with Crippen LogP contribution < -0.4 is 4.72 Å². The van der Waals surface area contributed by atoms with E-state index in [-0.39, 0.29) is 23.5 Å². The first-order valence-electron chi connectivity index (χ1n) is 9.22. The summed E-state index contributed by atoms with van der Waals surface area (Å²) in [6, 6.07) is 9.34. The van der Waals surface area contributed by atoms with Crippen molar-refractivity contribution in [1.29, 1.82) is 0 Å². The van der Waals surface area contributed by atoms with Gasteiger partial charge in [0.05, 0.1) is 6.33 Å². The molecule has 1 atom stereocenters. The van der Waals surface area contributed by atoms with Gasteiger partial charge in [0.15, 0.2) is 5.03 Å². The van der Waals surface area contributed by atoms with Crippen LogP contribution in [0.15, 0.2) is 47.9 Å². The molecular formula is C19H27N3O4S. The molecule has 0 amide bonds. The van der Waals surface area contributed by atoms with Crippen LogP contribution in [0.3, 0.4) is 0 Å². The zero-order valence-corrected chi connectivity index (χ0v) is 16.5. The van der Waals surface area contributed by atoms with Crippen molar-refractivity contribution in [2.24, 2.45) is 5.92 Å². The van der Waals surface area contributed by atoms with Crippen molar-refractivity contribution in [3.8, 4) is 0 Å². The number of aromatic nitrogens is 2. The first-order valence-corrected chi connectivity index (χ1v) is 10.7. The van der Waals surface area contributed by atoms with E-state index in [1.807, 2.05) is 44.2 Å². The van der Waals surface area contributed by atoms with E-state index in [1.165, 1.54) is 12.5 Å². The minimum atomic E-state index is -3.83. The number of hydrogen-bond donors (Lipinski definition) is 2. The lowest BCUT2D eigenvalue weighted by molar-refractivity contribution is -0.0664. The van der Waals surface area contributed by atoms with Crippen LogP contribution in [0.5, 0.6) is 0 Å². The molecule has 1 aromatic carbocycles. The van der Waals surface area contributed by atoms with Gasteiger partial charge in [-0.1, -0.05) is 30.3 Å². The Morgan fingerprint density at radius 1 is 1.30 bits per heavy atom. The predicted molar refractivity (Wildman–Crippen MR) is 102 cm³/mol. The molecule has 8 heteroatoms. The third-order valence-corrected chi connectivity index (χ3v) is 6.44. The van der Waals surface area contributed by atoms with E-state index < -0.39 is 15.6 Å². The normalized spacial score (nSPS) is 18.5. The number of nitrogens with zero attached hydrogens (tertiary/aromatic N) is 2. The molecule has 3 rings (SSSR count). The third kappa shape index (κ3) is 4.40. The largest absolute Gasteiger partial charge is 0.383 e. The molecule has 1 saturated heterocycles. The van der Waals surface area contributed by atoms with Crippen LogP contribution in [-0.2, 0) is 20.4 Å². The van der Waals surface area contributed by atoms with E-state index in [2.05, 4.69) is 9.71 Å². The Morgan fingerprint density at radius 2 is 1.96 bits per heavy atom. The monoisotopic (exact) mass is 393 g/mol. The van der Waals surface area contributed by atoms with Gasteiger partial charge in [-0.05, 0) is 38.2 Å². The number of hydrogen-bond acceptors (Lipinski definition) is 5. The van der Waals surface area contributed by atoms with Gasteiger partial charge in [-0.3, -0.25) is 0 Å². The first-order chi connectivity index (χ1) is 12.8. The first kappa shape index (κ1) is 20.0. The van der Waals surface area contributed by atoms with E-state index >= 15 is 0 Å². The van der Waals surface area contributed by atoms with Gasteiger partial charge in [0.1, 0.15) is 5.60 Å². The van der Waals surface area contributed by atoms with Crippen molar-refractivity contribution in [2.75, 3.05) is 19.8 Å². The molecule has 0 aliphatic carbocycles. The van der Waals surface area contributed by atoms with Crippen LogP contribution in [0.25, 0.3) is 0 Å². The summed E-state index contributed by atoms with van der Waals surface area (Å²) in [6.45, 7) is 4.91. The molecule has 0 spiro atoms. The lowest BCUT2D eigenvalue weighted by Crippen LogP contribution is -2.47. The summed E-state index contributed by atoms with van der Waals surface area (Å²) in [7, 11) is -3.83. The van der Waals surface area contributed by atoms with E-state index in [0.717, 1.165) is 0 Å². The molecule has 1 aliphatic heterocycles. The fraction of sp³-hybridized carbons (Fsp3) is 0.526. The number of sulfonamides is 1. The average Bonchev–Trinajstić information content (AvgIpc) is 3.19. The highest BCUT2D eigenvalue weighted by Gasteiger charge is 2.40.